The van der Waals surface area contributed by atoms with Gasteiger partial charge in [0.05, 0.1) is 25.4 Å². The van der Waals surface area contributed by atoms with E-state index >= 15 is 0 Å². The molecule has 2 heterocycles. The standard InChI is InChI=1S/C11H12N4O2S/c1-17-10(16)9-5-14-15(7-9)6-8-3-12-11(18-2)13-4-8/h3-5,7H,6H2,1-2H3. The number of esters is 1. The average molecular weight is 264 g/mol. The van der Waals surface area contributed by atoms with Crippen molar-refractivity contribution >= 4 is 17.7 Å². The minimum absolute atomic E-state index is 0.393. The Balaban J connectivity index is 2.08. The molecule has 0 saturated carbocycles. The molecule has 7 heteroatoms. The van der Waals surface area contributed by atoms with Crippen LogP contribution in [0.25, 0.3) is 0 Å². The van der Waals surface area contributed by atoms with Crippen molar-refractivity contribution < 1.29 is 9.53 Å². The van der Waals surface area contributed by atoms with E-state index in [4.69, 9.17) is 0 Å². The molecule has 0 atom stereocenters. The number of rotatable bonds is 4. The molecule has 0 saturated heterocycles. The molecule has 0 fully saturated rings. The number of thioether (sulfide) groups is 1. The van der Waals surface area contributed by atoms with Crippen LogP contribution in [0.3, 0.4) is 0 Å². The van der Waals surface area contributed by atoms with Crippen LogP contribution >= 0.6 is 11.8 Å². The predicted molar refractivity (Wildman–Crippen MR) is 66.5 cm³/mol. The number of carbonyl (C=O) groups excluding carboxylic acids is 1. The third-order valence-corrected chi connectivity index (χ3v) is 2.84. The Bertz CT molecular complexity index is 538. The molecule has 2 aromatic heterocycles. The summed E-state index contributed by atoms with van der Waals surface area (Å²) in [5.41, 5.74) is 1.35. The van der Waals surface area contributed by atoms with Crippen molar-refractivity contribution in [2.75, 3.05) is 13.4 Å². The molecule has 0 spiro atoms. The lowest BCUT2D eigenvalue weighted by atomic mass is 10.3. The molecule has 0 aliphatic rings. The minimum atomic E-state index is -0.393. The quantitative estimate of drug-likeness (QED) is 0.470. The third kappa shape index (κ3) is 2.86. The molecule has 18 heavy (non-hydrogen) atoms. The first-order valence-corrected chi connectivity index (χ1v) is 6.41. The van der Waals surface area contributed by atoms with Gasteiger partial charge >= 0.3 is 5.97 Å². The van der Waals surface area contributed by atoms with E-state index in [1.165, 1.54) is 25.1 Å². The molecule has 2 aromatic rings. The van der Waals surface area contributed by atoms with Crippen LogP contribution in [-0.4, -0.2) is 39.1 Å². The van der Waals surface area contributed by atoms with Gasteiger partial charge in [0.15, 0.2) is 5.16 Å². The highest BCUT2D eigenvalue weighted by Gasteiger charge is 2.08. The molecular formula is C11H12N4O2S. The van der Waals surface area contributed by atoms with E-state index in [-0.39, 0.29) is 0 Å². The molecule has 6 nitrogen and oxygen atoms in total. The maximum Gasteiger partial charge on any atom is 0.341 e. The average Bonchev–Trinajstić information content (AvgIpc) is 2.87. The summed E-state index contributed by atoms with van der Waals surface area (Å²) < 4.78 is 6.25. The molecule has 2 rings (SSSR count). The number of methoxy groups -OCH3 is 1. The molecule has 0 aliphatic carbocycles. The summed E-state index contributed by atoms with van der Waals surface area (Å²) in [7, 11) is 1.34. The molecule has 0 unspecified atom stereocenters. The van der Waals surface area contributed by atoms with Crippen molar-refractivity contribution in [2.24, 2.45) is 0 Å². The monoisotopic (exact) mass is 264 g/mol. The van der Waals surface area contributed by atoms with Crippen LogP contribution in [0.15, 0.2) is 29.9 Å². The van der Waals surface area contributed by atoms with E-state index in [1.54, 1.807) is 23.3 Å². The lowest BCUT2D eigenvalue weighted by molar-refractivity contribution is 0.0600. The summed E-state index contributed by atoms with van der Waals surface area (Å²) in [4.78, 5) is 19.6. The lowest BCUT2D eigenvalue weighted by Crippen LogP contribution is -2.02. The zero-order valence-corrected chi connectivity index (χ0v) is 10.8. The van der Waals surface area contributed by atoms with E-state index in [0.29, 0.717) is 12.1 Å². The van der Waals surface area contributed by atoms with E-state index in [2.05, 4.69) is 19.8 Å². The highest BCUT2D eigenvalue weighted by atomic mass is 32.2. The van der Waals surface area contributed by atoms with E-state index in [1.807, 2.05) is 6.26 Å². The van der Waals surface area contributed by atoms with Gasteiger partial charge in [-0.15, -0.1) is 0 Å². The summed E-state index contributed by atoms with van der Waals surface area (Å²) in [6.07, 6.45) is 8.53. The van der Waals surface area contributed by atoms with Gasteiger partial charge in [-0.25, -0.2) is 14.8 Å². The molecular weight excluding hydrogens is 252 g/mol. The fourth-order valence-corrected chi connectivity index (χ4v) is 1.71. The van der Waals surface area contributed by atoms with Crippen molar-refractivity contribution in [3.63, 3.8) is 0 Å². The zero-order chi connectivity index (χ0) is 13.0. The van der Waals surface area contributed by atoms with Crippen LogP contribution in [-0.2, 0) is 11.3 Å². The smallest absolute Gasteiger partial charge is 0.341 e. The molecule has 0 N–H and O–H groups in total. The Morgan fingerprint density at radius 3 is 2.72 bits per heavy atom. The zero-order valence-electron chi connectivity index (χ0n) is 10.0. The van der Waals surface area contributed by atoms with Gasteiger partial charge in [-0.1, -0.05) is 11.8 Å². The maximum absolute atomic E-state index is 11.3. The minimum Gasteiger partial charge on any atom is -0.465 e. The summed E-state index contributed by atoms with van der Waals surface area (Å²) in [5, 5.41) is 4.81. The lowest BCUT2D eigenvalue weighted by Gasteiger charge is -2.01. The molecule has 0 amide bonds. The van der Waals surface area contributed by atoms with Gasteiger partial charge in [0, 0.05) is 24.2 Å². The van der Waals surface area contributed by atoms with Crippen molar-refractivity contribution in [3.05, 3.63) is 35.9 Å². The van der Waals surface area contributed by atoms with Crippen LogP contribution in [0, 0.1) is 0 Å². The van der Waals surface area contributed by atoms with Gasteiger partial charge in [0.1, 0.15) is 0 Å². The first-order valence-electron chi connectivity index (χ1n) is 5.18. The van der Waals surface area contributed by atoms with Crippen LogP contribution in [0.5, 0.6) is 0 Å². The predicted octanol–water partition coefficient (Wildman–Crippen LogP) is 1.23. The molecule has 0 radical (unpaired) electrons. The Kier molecular flexibility index (Phi) is 3.93. The third-order valence-electron chi connectivity index (χ3n) is 2.26. The van der Waals surface area contributed by atoms with Gasteiger partial charge in [0.2, 0.25) is 0 Å². The number of aromatic nitrogens is 4. The summed E-state index contributed by atoms with van der Waals surface area (Å²) >= 11 is 1.49. The first-order chi connectivity index (χ1) is 8.72. The Morgan fingerprint density at radius 2 is 2.11 bits per heavy atom. The normalized spacial score (nSPS) is 10.3. The van der Waals surface area contributed by atoms with Crippen LogP contribution in [0.2, 0.25) is 0 Å². The van der Waals surface area contributed by atoms with Crippen molar-refractivity contribution in [1.82, 2.24) is 19.7 Å². The maximum atomic E-state index is 11.3. The molecule has 94 valence electrons. The van der Waals surface area contributed by atoms with Crippen molar-refractivity contribution in [2.45, 2.75) is 11.7 Å². The topological polar surface area (TPSA) is 69.9 Å². The second-order valence-electron chi connectivity index (χ2n) is 3.50. The van der Waals surface area contributed by atoms with Gasteiger partial charge in [-0.3, -0.25) is 4.68 Å². The van der Waals surface area contributed by atoms with Gasteiger partial charge in [-0.05, 0) is 6.26 Å². The summed E-state index contributed by atoms with van der Waals surface area (Å²) in [6.45, 7) is 0.519. The van der Waals surface area contributed by atoms with E-state index in [0.717, 1.165) is 10.7 Å². The Morgan fingerprint density at radius 1 is 1.39 bits per heavy atom. The second kappa shape index (κ2) is 5.63. The second-order valence-corrected chi connectivity index (χ2v) is 4.27. The highest BCUT2D eigenvalue weighted by molar-refractivity contribution is 7.98. The number of hydrogen-bond acceptors (Lipinski definition) is 6. The molecule has 0 bridgehead atoms. The van der Waals surface area contributed by atoms with Gasteiger partial charge in [0.25, 0.3) is 0 Å². The van der Waals surface area contributed by atoms with E-state index in [9.17, 15) is 4.79 Å². The number of hydrogen-bond donors (Lipinski definition) is 0. The van der Waals surface area contributed by atoms with E-state index < -0.39 is 5.97 Å². The molecule has 0 aliphatic heterocycles. The van der Waals surface area contributed by atoms with Crippen molar-refractivity contribution in [1.29, 1.82) is 0 Å². The largest absolute Gasteiger partial charge is 0.465 e. The van der Waals surface area contributed by atoms with Crippen LogP contribution in [0.4, 0.5) is 0 Å². The summed E-state index contributed by atoms with van der Waals surface area (Å²) in [6, 6.07) is 0. The van der Waals surface area contributed by atoms with Gasteiger partial charge in [-0.2, -0.15) is 5.10 Å². The number of ether oxygens (including phenoxy) is 1. The van der Waals surface area contributed by atoms with Crippen molar-refractivity contribution in [3.8, 4) is 0 Å². The van der Waals surface area contributed by atoms with Crippen LogP contribution < -0.4 is 0 Å². The summed E-state index contributed by atoms with van der Waals surface area (Å²) in [5.74, 6) is -0.393. The molecule has 0 aromatic carbocycles. The number of nitrogens with zero attached hydrogens (tertiary/aromatic N) is 4. The SMILES string of the molecule is COC(=O)c1cnn(Cc2cnc(SC)nc2)c1. The first kappa shape index (κ1) is 12.6. The van der Waals surface area contributed by atoms with Gasteiger partial charge < -0.3 is 4.74 Å². The highest BCUT2D eigenvalue weighted by Crippen LogP contribution is 2.08. The fraction of sp³-hybridized carbons (Fsp3) is 0.273. The Labute approximate surface area is 108 Å². The fourth-order valence-electron chi connectivity index (χ4n) is 1.39. The van der Waals surface area contributed by atoms with Crippen LogP contribution in [0.1, 0.15) is 15.9 Å². The Hall–Kier alpha value is -1.89. The number of carbonyl (C=O) groups is 1.